The zero-order chi connectivity index (χ0) is 19.4. The van der Waals surface area contributed by atoms with Crippen molar-refractivity contribution >= 4 is 44.3 Å². The molecule has 4 aromatic rings. The van der Waals surface area contributed by atoms with Gasteiger partial charge in [-0.3, -0.25) is 4.79 Å². The van der Waals surface area contributed by atoms with Gasteiger partial charge >= 0.3 is 0 Å². The standard InChI is InChI=1S/C19H14F2N4O2S/c1-27-13-5-12-17(28-7-23-12)16(21)15(13)10-6-22-18-8(10)2-3-14(24-18)25-19(26)9-4-11(9)20/h2-3,5-7,9,11H,4H2,1H3,(H2,22,24,25,26). The number of pyridine rings is 1. The number of anilines is 1. The third kappa shape index (κ3) is 2.62. The van der Waals surface area contributed by atoms with Gasteiger partial charge in [-0.25, -0.2) is 18.7 Å². The minimum Gasteiger partial charge on any atom is -0.496 e. The van der Waals surface area contributed by atoms with E-state index in [0.717, 1.165) is 0 Å². The highest BCUT2D eigenvalue weighted by atomic mass is 32.1. The number of nitrogens with one attached hydrogen (secondary N) is 2. The Hall–Kier alpha value is -3.07. The summed E-state index contributed by atoms with van der Waals surface area (Å²) in [6.45, 7) is 0. The summed E-state index contributed by atoms with van der Waals surface area (Å²) in [4.78, 5) is 23.4. The third-order valence-electron chi connectivity index (χ3n) is 4.86. The Bertz CT molecular complexity index is 1240. The van der Waals surface area contributed by atoms with Crippen LogP contribution in [0.15, 0.2) is 29.9 Å². The van der Waals surface area contributed by atoms with Gasteiger partial charge in [0.1, 0.15) is 23.4 Å². The lowest BCUT2D eigenvalue weighted by Crippen LogP contribution is -2.15. The molecule has 1 aromatic carbocycles. The van der Waals surface area contributed by atoms with Gasteiger partial charge in [0.2, 0.25) is 5.91 Å². The number of aromatic amines is 1. The summed E-state index contributed by atoms with van der Waals surface area (Å²) in [5, 5.41) is 3.29. The number of halogens is 2. The van der Waals surface area contributed by atoms with E-state index in [9.17, 15) is 9.18 Å². The second-order valence-corrected chi connectivity index (χ2v) is 7.47. The third-order valence-corrected chi connectivity index (χ3v) is 5.69. The number of aromatic nitrogens is 3. The molecule has 3 aromatic heterocycles. The Morgan fingerprint density at radius 3 is 3.00 bits per heavy atom. The molecule has 9 heteroatoms. The fraction of sp³-hybridized carbons (Fsp3) is 0.211. The molecule has 2 N–H and O–H groups in total. The van der Waals surface area contributed by atoms with Crippen molar-refractivity contribution in [2.24, 2.45) is 5.92 Å². The summed E-state index contributed by atoms with van der Waals surface area (Å²) in [5.41, 5.74) is 3.52. The van der Waals surface area contributed by atoms with Gasteiger partial charge < -0.3 is 15.0 Å². The maximum absolute atomic E-state index is 15.2. The van der Waals surface area contributed by atoms with Crippen molar-refractivity contribution in [3.05, 3.63) is 35.7 Å². The van der Waals surface area contributed by atoms with Gasteiger partial charge in [-0.05, 0) is 18.6 Å². The smallest absolute Gasteiger partial charge is 0.231 e. The van der Waals surface area contributed by atoms with Crippen LogP contribution in [0.25, 0.3) is 32.4 Å². The van der Waals surface area contributed by atoms with Crippen molar-refractivity contribution in [3.63, 3.8) is 0 Å². The number of carbonyl (C=O) groups excluding carboxylic acids is 1. The predicted octanol–water partition coefficient (Wildman–Crippen LogP) is 4.28. The molecular weight excluding hydrogens is 386 g/mol. The number of fused-ring (bicyclic) bond motifs is 2. The lowest BCUT2D eigenvalue weighted by molar-refractivity contribution is -0.117. The monoisotopic (exact) mass is 400 g/mol. The van der Waals surface area contributed by atoms with Crippen molar-refractivity contribution in [2.75, 3.05) is 12.4 Å². The Labute approximate surface area is 161 Å². The molecule has 1 fully saturated rings. The molecular formula is C19H14F2N4O2S. The second-order valence-electron chi connectivity index (χ2n) is 6.61. The van der Waals surface area contributed by atoms with E-state index >= 15 is 4.39 Å². The number of H-pyrrole nitrogens is 1. The fourth-order valence-electron chi connectivity index (χ4n) is 3.29. The van der Waals surface area contributed by atoms with E-state index in [4.69, 9.17) is 4.74 Å². The first-order valence-electron chi connectivity index (χ1n) is 8.60. The molecule has 0 bridgehead atoms. The molecule has 0 saturated heterocycles. The molecule has 2 unspecified atom stereocenters. The number of nitrogens with zero attached hydrogens (tertiary/aromatic N) is 2. The number of rotatable bonds is 4. The highest BCUT2D eigenvalue weighted by Gasteiger charge is 2.43. The molecule has 6 nitrogen and oxygen atoms in total. The minimum absolute atomic E-state index is 0.250. The van der Waals surface area contributed by atoms with E-state index < -0.39 is 17.9 Å². The zero-order valence-electron chi connectivity index (χ0n) is 14.6. The van der Waals surface area contributed by atoms with Crippen LogP contribution in [-0.4, -0.2) is 34.1 Å². The molecule has 0 aliphatic heterocycles. The van der Waals surface area contributed by atoms with Crippen molar-refractivity contribution in [1.29, 1.82) is 0 Å². The summed E-state index contributed by atoms with van der Waals surface area (Å²) in [6, 6.07) is 5.05. The van der Waals surface area contributed by atoms with E-state index in [0.29, 0.717) is 43.9 Å². The Morgan fingerprint density at radius 1 is 1.43 bits per heavy atom. The summed E-state index contributed by atoms with van der Waals surface area (Å²) in [7, 11) is 1.48. The number of benzene rings is 1. The number of thiazole rings is 1. The van der Waals surface area contributed by atoms with Crippen LogP contribution in [-0.2, 0) is 4.79 Å². The van der Waals surface area contributed by atoms with Crippen molar-refractivity contribution in [2.45, 2.75) is 12.6 Å². The SMILES string of the molecule is COc1cc2ncsc2c(F)c1-c1c[nH]c2nc(NC(=O)C3CC3F)ccc12. The molecule has 0 radical (unpaired) electrons. The lowest BCUT2D eigenvalue weighted by atomic mass is 10.0. The Kier molecular flexibility index (Phi) is 3.80. The van der Waals surface area contributed by atoms with Gasteiger partial charge in [-0.2, -0.15) is 0 Å². The lowest BCUT2D eigenvalue weighted by Gasteiger charge is -2.10. The van der Waals surface area contributed by atoms with Crippen LogP contribution in [0.4, 0.5) is 14.6 Å². The summed E-state index contributed by atoms with van der Waals surface area (Å²) in [6.07, 6.45) is 0.827. The largest absolute Gasteiger partial charge is 0.496 e. The Balaban J connectivity index is 1.58. The molecule has 1 aliphatic rings. The van der Waals surface area contributed by atoms with Crippen LogP contribution in [0.5, 0.6) is 5.75 Å². The zero-order valence-corrected chi connectivity index (χ0v) is 15.4. The highest BCUT2D eigenvalue weighted by molar-refractivity contribution is 7.16. The molecule has 0 spiro atoms. The van der Waals surface area contributed by atoms with E-state index in [1.165, 1.54) is 18.4 Å². The minimum atomic E-state index is -1.07. The van der Waals surface area contributed by atoms with E-state index in [1.54, 1.807) is 29.9 Å². The van der Waals surface area contributed by atoms with Gasteiger partial charge in [-0.1, -0.05) is 0 Å². The number of hydrogen-bond acceptors (Lipinski definition) is 5. The molecule has 3 heterocycles. The van der Waals surface area contributed by atoms with Crippen LogP contribution in [0.3, 0.4) is 0 Å². The number of ether oxygens (including phenoxy) is 1. The number of amides is 1. The second kappa shape index (κ2) is 6.23. The average molecular weight is 400 g/mol. The van der Waals surface area contributed by atoms with Crippen molar-refractivity contribution in [3.8, 4) is 16.9 Å². The molecule has 142 valence electrons. The van der Waals surface area contributed by atoms with Gasteiger partial charge in [0.05, 0.1) is 34.3 Å². The molecule has 1 aliphatic carbocycles. The fourth-order valence-corrected chi connectivity index (χ4v) is 4.00. The number of hydrogen-bond donors (Lipinski definition) is 2. The molecule has 28 heavy (non-hydrogen) atoms. The van der Waals surface area contributed by atoms with Crippen molar-refractivity contribution in [1.82, 2.24) is 15.0 Å². The summed E-state index contributed by atoms with van der Waals surface area (Å²) < 4.78 is 34.1. The van der Waals surface area contributed by atoms with Crippen LogP contribution in [0, 0.1) is 11.7 Å². The predicted molar refractivity (Wildman–Crippen MR) is 103 cm³/mol. The quantitative estimate of drug-likeness (QED) is 0.536. The average Bonchev–Trinajstić information content (AvgIpc) is 3.07. The highest BCUT2D eigenvalue weighted by Crippen LogP contribution is 2.41. The van der Waals surface area contributed by atoms with Gasteiger partial charge in [-0.15, -0.1) is 11.3 Å². The van der Waals surface area contributed by atoms with Crippen molar-refractivity contribution < 1.29 is 18.3 Å². The van der Waals surface area contributed by atoms with Gasteiger partial charge in [0, 0.05) is 23.2 Å². The number of methoxy groups -OCH3 is 1. The molecule has 1 amide bonds. The number of carbonyl (C=O) groups is 1. The normalized spacial score (nSPS) is 18.5. The van der Waals surface area contributed by atoms with Crippen LogP contribution in [0.1, 0.15) is 6.42 Å². The molecule has 5 rings (SSSR count). The molecule has 2 atom stereocenters. The van der Waals surface area contributed by atoms with E-state index in [1.807, 2.05) is 0 Å². The van der Waals surface area contributed by atoms with Crippen LogP contribution >= 0.6 is 11.3 Å². The van der Waals surface area contributed by atoms with Crippen LogP contribution < -0.4 is 10.1 Å². The van der Waals surface area contributed by atoms with Gasteiger partial charge in [0.25, 0.3) is 0 Å². The topological polar surface area (TPSA) is 79.9 Å². The van der Waals surface area contributed by atoms with E-state index in [-0.39, 0.29) is 12.3 Å². The summed E-state index contributed by atoms with van der Waals surface area (Å²) in [5.74, 6) is -0.694. The first kappa shape index (κ1) is 17.1. The maximum Gasteiger partial charge on any atom is 0.231 e. The Morgan fingerprint density at radius 2 is 2.25 bits per heavy atom. The first-order chi connectivity index (χ1) is 13.6. The van der Waals surface area contributed by atoms with Crippen LogP contribution in [0.2, 0.25) is 0 Å². The maximum atomic E-state index is 15.2. The first-order valence-corrected chi connectivity index (χ1v) is 9.48. The summed E-state index contributed by atoms with van der Waals surface area (Å²) >= 11 is 1.22. The molecule has 1 saturated carbocycles. The van der Waals surface area contributed by atoms with E-state index in [2.05, 4.69) is 20.3 Å². The number of alkyl halides is 1. The van der Waals surface area contributed by atoms with Gasteiger partial charge in [0.15, 0.2) is 5.82 Å².